The van der Waals surface area contributed by atoms with Crippen LogP contribution < -0.4 is 0 Å². The summed E-state index contributed by atoms with van der Waals surface area (Å²) in [7, 11) is 0. The highest BCUT2D eigenvalue weighted by Crippen LogP contribution is 2.36. The van der Waals surface area contributed by atoms with Crippen LogP contribution in [0.4, 0.5) is 0 Å². The molecule has 1 atom stereocenters. The summed E-state index contributed by atoms with van der Waals surface area (Å²) in [6.45, 7) is 13.4. The van der Waals surface area contributed by atoms with Gasteiger partial charge in [0.1, 0.15) is 0 Å². The summed E-state index contributed by atoms with van der Waals surface area (Å²) < 4.78 is 0. The Morgan fingerprint density at radius 1 is 1.33 bits per heavy atom. The molecule has 1 unspecified atom stereocenters. The smallest absolute Gasteiger partial charge is 0.0853 e. The Morgan fingerprint density at radius 2 is 1.83 bits per heavy atom. The Balaban J connectivity index is 4.27. The molecule has 0 spiro atoms. The summed E-state index contributed by atoms with van der Waals surface area (Å²) in [6.07, 6.45) is 4.69. The molecular weight excluding hydrogens is 148 g/mol. The van der Waals surface area contributed by atoms with E-state index < -0.39 is 5.60 Å². The van der Waals surface area contributed by atoms with Gasteiger partial charge in [0.2, 0.25) is 0 Å². The molecule has 0 bridgehead atoms. The predicted octanol–water partition coefficient (Wildman–Crippen LogP) is 2.94. The molecule has 0 aliphatic heterocycles. The molecule has 71 valence electrons. The molecule has 12 heavy (non-hydrogen) atoms. The lowest BCUT2D eigenvalue weighted by molar-refractivity contribution is -0.0142. The molecule has 0 aliphatic rings. The fourth-order valence-electron chi connectivity index (χ4n) is 1.10. The maximum Gasteiger partial charge on any atom is 0.0853 e. The molecule has 0 aromatic heterocycles. The molecule has 0 aromatic rings. The van der Waals surface area contributed by atoms with E-state index in [1.807, 2.05) is 13.8 Å². The van der Waals surface area contributed by atoms with Gasteiger partial charge < -0.3 is 5.11 Å². The Labute approximate surface area is 76.5 Å². The van der Waals surface area contributed by atoms with Crippen molar-refractivity contribution in [3.63, 3.8) is 0 Å². The maximum absolute atomic E-state index is 9.90. The van der Waals surface area contributed by atoms with Crippen LogP contribution in [0.2, 0.25) is 0 Å². The van der Waals surface area contributed by atoms with Crippen molar-refractivity contribution in [2.45, 2.75) is 52.6 Å². The van der Waals surface area contributed by atoms with E-state index in [2.05, 4.69) is 6.92 Å². The Bertz CT molecular complexity index is 145. The van der Waals surface area contributed by atoms with Gasteiger partial charge in [-0.2, -0.15) is 0 Å². The average molecular weight is 169 g/mol. The van der Waals surface area contributed by atoms with E-state index in [4.69, 9.17) is 6.58 Å². The van der Waals surface area contributed by atoms with Crippen LogP contribution in [0.25, 0.3) is 0 Å². The Morgan fingerprint density at radius 3 is 2.17 bits per heavy atom. The van der Waals surface area contributed by atoms with Crippen molar-refractivity contribution in [3.8, 4) is 0 Å². The lowest BCUT2D eigenvalue weighted by Gasteiger charge is -2.37. The van der Waals surface area contributed by atoms with Gasteiger partial charge in [0.25, 0.3) is 0 Å². The lowest BCUT2D eigenvalue weighted by atomic mass is 9.73. The third-order valence-corrected chi connectivity index (χ3v) is 2.85. The minimum Gasteiger partial charge on any atom is -0.386 e. The number of aliphatic hydroxyl groups is 1. The lowest BCUT2D eigenvalue weighted by Crippen LogP contribution is -2.39. The van der Waals surface area contributed by atoms with Gasteiger partial charge in [-0.3, -0.25) is 0 Å². The minimum absolute atomic E-state index is 0.127. The third-order valence-electron chi connectivity index (χ3n) is 2.85. The largest absolute Gasteiger partial charge is 0.386 e. The fraction of sp³-hybridized carbons (Fsp3) is 0.818. The van der Waals surface area contributed by atoms with Crippen molar-refractivity contribution in [1.29, 1.82) is 0 Å². The predicted molar refractivity (Wildman–Crippen MR) is 52.8 cm³/mol. The van der Waals surface area contributed by atoms with Crippen LogP contribution in [0.5, 0.6) is 0 Å². The first-order valence-electron chi connectivity index (χ1n) is 4.66. The fourth-order valence-corrected chi connectivity index (χ4v) is 1.10. The molecule has 1 heteroatoms. The van der Waals surface area contributed by atoms with Gasteiger partial charge in [0.05, 0.1) is 5.60 Å². The summed E-state index contributed by atoms with van der Waals surface area (Å²) in [5.74, 6) is 0. The van der Waals surface area contributed by atoms with Gasteiger partial charge in [0, 0.05) is 0 Å². The highest BCUT2D eigenvalue weighted by molar-refractivity contribution is 5.00. The summed E-state index contributed by atoms with van der Waals surface area (Å²) in [5, 5.41) is 9.90. The normalized spacial score (nSPS) is 17.1. The highest BCUT2D eigenvalue weighted by atomic mass is 16.3. The van der Waals surface area contributed by atoms with E-state index in [9.17, 15) is 5.11 Å². The number of rotatable bonds is 5. The molecule has 0 fully saturated rings. The molecule has 1 nitrogen and oxygen atoms in total. The quantitative estimate of drug-likeness (QED) is 0.671. The van der Waals surface area contributed by atoms with E-state index in [1.54, 1.807) is 6.92 Å². The molecule has 0 aliphatic carbocycles. The van der Waals surface area contributed by atoms with Gasteiger partial charge in [-0.25, -0.2) is 0 Å². The molecule has 0 heterocycles. The van der Waals surface area contributed by atoms with Gasteiger partial charge >= 0.3 is 0 Å². The summed E-state index contributed by atoms with van der Waals surface area (Å²) in [6, 6.07) is 0. The van der Waals surface area contributed by atoms with E-state index >= 15 is 0 Å². The first-order valence-corrected chi connectivity index (χ1v) is 4.66. The van der Waals surface area contributed by atoms with Crippen molar-refractivity contribution in [3.05, 3.63) is 12.7 Å². The van der Waals surface area contributed by atoms with Crippen molar-refractivity contribution >= 4 is 0 Å². The maximum atomic E-state index is 9.90. The van der Waals surface area contributed by atoms with Gasteiger partial charge in [-0.1, -0.05) is 46.3 Å². The van der Waals surface area contributed by atoms with E-state index in [1.165, 1.54) is 6.08 Å². The van der Waals surface area contributed by atoms with Crippen LogP contribution in [0.3, 0.4) is 0 Å². The number of unbranched alkanes of at least 4 members (excludes halogenated alkanes) is 1. The molecule has 0 aromatic carbocycles. The Kier molecular flexibility index (Phi) is 3.98. The SMILES string of the molecule is [CH]=CC(C)(O)C(C)(C)CCCC. The number of hydrogen-bond donors (Lipinski definition) is 1. The van der Waals surface area contributed by atoms with E-state index in [0.717, 1.165) is 19.3 Å². The highest BCUT2D eigenvalue weighted by Gasteiger charge is 2.35. The zero-order chi connectivity index (χ0) is 9.83. The second kappa shape index (κ2) is 4.08. The monoisotopic (exact) mass is 169 g/mol. The van der Waals surface area contributed by atoms with E-state index in [0.29, 0.717) is 0 Å². The van der Waals surface area contributed by atoms with Crippen LogP contribution in [0.1, 0.15) is 47.0 Å². The van der Waals surface area contributed by atoms with Crippen LogP contribution in [0, 0.1) is 12.0 Å². The standard InChI is InChI=1S/C11H21O/c1-6-8-9-10(3,4)11(5,12)7-2/h2,7,12H,6,8-9H2,1,3-5H3. The van der Waals surface area contributed by atoms with Crippen molar-refractivity contribution in [1.82, 2.24) is 0 Å². The van der Waals surface area contributed by atoms with Crippen molar-refractivity contribution in [2.24, 2.45) is 5.41 Å². The van der Waals surface area contributed by atoms with Crippen LogP contribution in [-0.2, 0) is 0 Å². The molecule has 0 saturated heterocycles. The van der Waals surface area contributed by atoms with Gasteiger partial charge in [-0.05, 0) is 18.8 Å². The number of hydrogen-bond acceptors (Lipinski definition) is 1. The first kappa shape index (κ1) is 11.7. The van der Waals surface area contributed by atoms with Crippen LogP contribution in [0.15, 0.2) is 6.08 Å². The zero-order valence-corrected chi connectivity index (χ0v) is 8.72. The minimum atomic E-state index is -0.859. The third kappa shape index (κ3) is 2.63. The van der Waals surface area contributed by atoms with Crippen molar-refractivity contribution in [2.75, 3.05) is 0 Å². The second-order valence-electron chi connectivity index (χ2n) is 4.30. The molecule has 0 rings (SSSR count). The molecule has 1 radical (unpaired) electrons. The van der Waals surface area contributed by atoms with Crippen molar-refractivity contribution < 1.29 is 5.11 Å². The molecule has 1 N–H and O–H groups in total. The van der Waals surface area contributed by atoms with E-state index in [-0.39, 0.29) is 5.41 Å². The second-order valence-corrected chi connectivity index (χ2v) is 4.30. The molecule has 0 saturated carbocycles. The zero-order valence-electron chi connectivity index (χ0n) is 8.72. The van der Waals surface area contributed by atoms with Crippen LogP contribution >= 0.6 is 0 Å². The molecule has 0 amide bonds. The topological polar surface area (TPSA) is 20.2 Å². The summed E-state index contributed by atoms with van der Waals surface area (Å²) in [4.78, 5) is 0. The van der Waals surface area contributed by atoms with Gasteiger partial charge in [-0.15, -0.1) is 0 Å². The summed E-state index contributed by atoms with van der Waals surface area (Å²) >= 11 is 0. The van der Waals surface area contributed by atoms with Crippen LogP contribution in [-0.4, -0.2) is 10.7 Å². The average Bonchev–Trinajstić information content (AvgIpc) is 2.00. The Hall–Kier alpha value is -0.300. The first-order chi connectivity index (χ1) is 5.37. The summed E-state index contributed by atoms with van der Waals surface area (Å²) in [5.41, 5.74) is -0.986. The molecular formula is C11H21O. The van der Waals surface area contributed by atoms with Gasteiger partial charge in [0.15, 0.2) is 0 Å².